The van der Waals surface area contributed by atoms with Crippen molar-refractivity contribution in [3.05, 3.63) is 64.9 Å². The van der Waals surface area contributed by atoms with Crippen LogP contribution < -0.4 is 4.90 Å². The number of piperidine rings is 1. The molecule has 3 aromatic rings. The second-order valence-corrected chi connectivity index (χ2v) is 10.7. The van der Waals surface area contributed by atoms with Gasteiger partial charge in [-0.1, -0.05) is 37.5 Å². The zero-order valence-electron chi connectivity index (χ0n) is 21.1. The standard InChI is InChI=1S/C29H38N6/c1-22-26(29(34-16-9-4-10-17-34)35(32-22)25-13-7-3-8-14-25)21-33-18-15-27-24(20-33)19-30-28(31-27)23-11-5-2-6-12-23/h3,7-8,13-14,19,23H,2,4-6,9-12,15-18,20-21H2,1H3. The van der Waals surface area contributed by atoms with Crippen molar-refractivity contribution in [2.45, 2.75) is 83.7 Å². The Hall–Kier alpha value is -2.73. The smallest absolute Gasteiger partial charge is 0.137 e. The molecule has 6 rings (SSSR count). The van der Waals surface area contributed by atoms with Crippen LogP contribution in [0.15, 0.2) is 36.5 Å². The van der Waals surface area contributed by atoms with E-state index in [0.29, 0.717) is 5.92 Å². The lowest BCUT2D eigenvalue weighted by Crippen LogP contribution is -2.34. The molecule has 0 atom stereocenters. The monoisotopic (exact) mass is 470 g/mol. The quantitative estimate of drug-likeness (QED) is 0.488. The fourth-order valence-corrected chi connectivity index (χ4v) is 6.22. The van der Waals surface area contributed by atoms with Gasteiger partial charge in [0.2, 0.25) is 0 Å². The van der Waals surface area contributed by atoms with E-state index in [0.717, 1.165) is 56.4 Å². The second kappa shape index (κ2) is 10.1. The molecule has 1 saturated carbocycles. The van der Waals surface area contributed by atoms with Gasteiger partial charge in [0.15, 0.2) is 0 Å². The number of hydrogen-bond donors (Lipinski definition) is 0. The summed E-state index contributed by atoms with van der Waals surface area (Å²) in [5.41, 5.74) is 6.26. The molecular formula is C29H38N6. The highest BCUT2D eigenvalue weighted by atomic mass is 15.4. The Bertz CT molecular complexity index is 1140. The van der Waals surface area contributed by atoms with E-state index in [2.05, 4.69) is 57.9 Å². The van der Waals surface area contributed by atoms with Crippen LogP contribution in [-0.2, 0) is 19.5 Å². The molecule has 2 aromatic heterocycles. The summed E-state index contributed by atoms with van der Waals surface area (Å²) in [7, 11) is 0. The number of nitrogens with zero attached hydrogens (tertiary/aromatic N) is 6. The van der Waals surface area contributed by atoms with Gasteiger partial charge in [-0.15, -0.1) is 0 Å². The second-order valence-electron chi connectivity index (χ2n) is 10.7. The number of rotatable bonds is 5. The summed E-state index contributed by atoms with van der Waals surface area (Å²) in [5, 5.41) is 5.05. The van der Waals surface area contributed by atoms with Crippen LogP contribution in [0.25, 0.3) is 5.69 Å². The van der Waals surface area contributed by atoms with E-state index >= 15 is 0 Å². The zero-order valence-corrected chi connectivity index (χ0v) is 21.1. The molecule has 6 heteroatoms. The van der Waals surface area contributed by atoms with Crippen LogP contribution in [0.1, 0.15) is 85.6 Å². The summed E-state index contributed by atoms with van der Waals surface area (Å²) >= 11 is 0. The van der Waals surface area contributed by atoms with E-state index in [1.165, 1.54) is 74.0 Å². The molecule has 2 aliphatic heterocycles. The van der Waals surface area contributed by atoms with E-state index in [1.807, 2.05) is 0 Å². The van der Waals surface area contributed by atoms with Gasteiger partial charge in [0.25, 0.3) is 0 Å². The first-order chi connectivity index (χ1) is 17.3. The normalized spacial score (nSPS) is 19.6. The van der Waals surface area contributed by atoms with E-state index in [4.69, 9.17) is 15.1 Å². The molecule has 184 valence electrons. The fraction of sp³-hybridized carbons (Fsp3) is 0.552. The third-order valence-corrected chi connectivity index (χ3v) is 8.20. The molecule has 1 aromatic carbocycles. The Kier molecular flexibility index (Phi) is 6.55. The van der Waals surface area contributed by atoms with Gasteiger partial charge in [-0.05, 0) is 51.2 Å². The molecule has 0 amide bonds. The molecule has 0 bridgehead atoms. The van der Waals surface area contributed by atoms with Crippen LogP contribution >= 0.6 is 0 Å². The Morgan fingerprint density at radius 3 is 2.49 bits per heavy atom. The summed E-state index contributed by atoms with van der Waals surface area (Å²) in [6, 6.07) is 10.6. The average Bonchev–Trinajstić information content (AvgIpc) is 3.25. The molecule has 0 unspecified atom stereocenters. The maximum atomic E-state index is 5.07. The first-order valence-electron chi connectivity index (χ1n) is 13.7. The van der Waals surface area contributed by atoms with Crippen LogP contribution in [0.5, 0.6) is 0 Å². The van der Waals surface area contributed by atoms with Crippen molar-refractivity contribution in [1.82, 2.24) is 24.6 Å². The third-order valence-electron chi connectivity index (χ3n) is 8.20. The van der Waals surface area contributed by atoms with E-state index in [9.17, 15) is 0 Å². The first kappa shape index (κ1) is 22.7. The summed E-state index contributed by atoms with van der Waals surface area (Å²) < 4.78 is 2.19. The Labute approximate surface area is 209 Å². The highest BCUT2D eigenvalue weighted by Crippen LogP contribution is 2.33. The summed E-state index contributed by atoms with van der Waals surface area (Å²) in [6.45, 7) is 7.31. The minimum absolute atomic E-state index is 0.575. The van der Waals surface area contributed by atoms with E-state index < -0.39 is 0 Å². The summed E-state index contributed by atoms with van der Waals surface area (Å²) in [5.74, 6) is 2.97. The minimum atomic E-state index is 0.575. The summed E-state index contributed by atoms with van der Waals surface area (Å²) in [6.07, 6.45) is 13.5. The highest BCUT2D eigenvalue weighted by molar-refractivity contribution is 5.55. The van der Waals surface area contributed by atoms with Crippen LogP contribution in [0.4, 0.5) is 5.82 Å². The lowest BCUT2D eigenvalue weighted by atomic mass is 9.88. The van der Waals surface area contributed by atoms with Crippen molar-refractivity contribution >= 4 is 5.82 Å². The Morgan fingerprint density at radius 1 is 0.914 bits per heavy atom. The number of para-hydroxylation sites is 1. The van der Waals surface area contributed by atoms with Gasteiger partial charge in [-0.25, -0.2) is 14.6 Å². The van der Waals surface area contributed by atoms with Crippen molar-refractivity contribution in [3.8, 4) is 5.69 Å². The molecule has 6 nitrogen and oxygen atoms in total. The van der Waals surface area contributed by atoms with Gasteiger partial charge < -0.3 is 4.90 Å². The van der Waals surface area contributed by atoms with E-state index in [-0.39, 0.29) is 0 Å². The van der Waals surface area contributed by atoms with E-state index in [1.54, 1.807) is 0 Å². The Morgan fingerprint density at radius 2 is 1.69 bits per heavy atom. The maximum Gasteiger partial charge on any atom is 0.137 e. The molecule has 0 radical (unpaired) electrons. The lowest BCUT2D eigenvalue weighted by Gasteiger charge is -2.32. The summed E-state index contributed by atoms with van der Waals surface area (Å²) in [4.78, 5) is 15.1. The molecule has 1 aliphatic carbocycles. The minimum Gasteiger partial charge on any atom is -0.356 e. The van der Waals surface area contributed by atoms with Crippen LogP contribution in [0.3, 0.4) is 0 Å². The van der Waals surface area contributed by atoms with Crippen molar-refractivity contribution in [3.63, 3.8) is 0 Å². The van der Waals surface area contributed by atoms with Gasteiger partial charge in [0.05, 0.1) is 11.4 Å². The zero-order chi connectivity index (χ0) is 23.6. The maximum absolute atomic E-state index is 5.07. The van der Waals surface area contributed by atoms with Crippen LogP contribution in [-0.4, -0.2) is 44.3 Å². The lowest BCUT2D eigenvalue weighted by molar-refractivity contribution is 0.241. The van der Waals surface area contributed by atoms with Crippen LogP contribution in [0, 0.1) is 6.92 Å². The van der Waals surface area contributed by atoms with Crippen molar-refractivity contribution in [1.29, 1.82) is 0 Å². The van der Waals surface area contributed by atoms with Gasteiger partial charge in [-0.3, -0.25) is 4.90 Å². The number of aromatic nitrogens is 4. The van der Waals surface area contributed by atoms with Gasteiger partial charge in [0.1, 0.15) is 11.6 Å². The molecule has 2 fully saturated rings. The van der Waals surface area contributed by atoms with Gasteiger partial charge in [0, 0.05) is 68.1 Å². The van der Waals surface area contributed by atoms with Crippen molar-refractivity contribution in [2.75, 3.05) is 24.5 Å². The molecular weight excluding hydrogens is 432 g/mol. The SMILES string of the molecule is Cc1nn(-c2ccccc2)c(N2CCCCC2)c1CN1CCc2nc(C3CCCCC3)ncc2C1. The number of hydrogen-bond acceptors (Lipinski definition) is 5. The number of benzene rings is 1. The molecule has 3 aliphatic rings. The fourth-order valence-electron chi connectivity index (χ4n) is 6.22. The van der Waals surface area contributed by atoms with Gasteiger partial charge in [-0.2, -0.15) is 5.10 Å². The number of anilines is 1. The topological polar surface area (TPSA) is 50.1 Å². The number of fused-ring (bicyclic) bond motifs is 1. The third kappa shape index (κ3) is 4.73. The molecule has 4 heterocycles. The molecule has 0 spiro atoms. The van der Waals surface area contributed by atoms with Crippen molar-refractivity contribution < 1.29 is 0 Å². The van der Waals surface area contributed by atoms with Crippen LogP contribution in [0.2, 0.25) is 0 Å². The average molecular weight is 471 g/mol. The largest absolute Gasteiger partial charge is 0.356 e. The highest BCUT2D eigenvalue weighted by Gasteiger charge is 2.27. The number of aryl methyl sites for hydroxylation is 1. The first-order valence-corrected chi connectivity index (χ1v) is 13.7. The van der Waals surface area contributed by atoms with Crippen molar-refractivity contribution in [2.24, 2.45) is 0 Å². The predicted molar refractivity (Wildman–Crippen MR) is 140 cm³/mol. The molecule has 0 N–H and O–H groups in total. The Balaban J connectivity index is 1.25. The van der Waals surface area contributed by atoms with Gasteiger partial charge >= 0.3 is 0 Å². The molecule has 35 heavy (non-hydrogen) atoms. The molecule has 1 saturated heterocycles. The predicted octanol–water partition coefficient (Wildman–Crippen LogP) is 5.57.